The number of halogens is 1. The van der Waals surface area contributed by atoms with Gasteiger partial charge in [0, 0.05) is 17.5 Å². The Hall–Kier alpha value is -2.12. The summed E-state index contributed by atoms with van der Waals surface area (Å²) >= 11 is 1.44. The molecule has 22 heavy (non-hydrogen) atoms. The number of carbonyl (C=O) groups is 1. The molecule has 1 amide bonds. The molecule has 0 aliphatic carbocycles. The van der Waals surface area contributed by atoms with Crippen LogP contribution < -0.4 is 17.2 Å². The van der Waals surface area contributed by atoms with Crippen LogP contribution >= 0.6 is 23.7 Å². The second kappa shape index (κ2) is 8.35. The predicted molar refractivity (Wildman–Crippen MR) is 92.1 cm³/mol. The summed E-state index contributed by atoms with van der Waals surface area (Å²) in [6.45, 7) is 0.571. The first-order chi connectivity index (χ1) is 10.0. The van der Waals surface area contributed by atoms with Crippen LogP contribution in [0.15, 0.2) is 34.6 Å². The first kappa shape index (κ1) is 17.9. The summed E-state index contributed by atoms with van der Waals surface area (Å²) in [6, 6.07) is 8.03. The molecule has 6 nitrogen and oxygen atoms in total. The van der Waals surface area contributed by atoms with Crippen molar-refractivity contribution in [2.24, 2.45) is 22.2 Å². The number of guanidine groups is 1. The molecule has 8 heteroatoms. The van der Waals surface area contributed by atoms with Crippen molar-refractivity contribution >= 4 is 35.6 Å². The number of nitrogens with zero attached hydrogens (tertiary/aromatic N) is 2. The minimum Gasteiger partial charge on any atom is -0.370 e. The number of aromatic nitrogens is 1. The number of carbonyl (C=O) groups excluding carboxylic acids is 1. The van der Waals surface area contributed by atoms with Crippen molar-refractivity contribution < 1.29 is 4.79 Å². The fourth-order valence-electron chi connectivity index (χ4n) is 1.83. The molecule has 6 N–H and O–H groups in total. The molecule has 0 fully saturated rings. The summed E-state index contributed by atoms with van der Waals surface area (Å²) in [7, 11) is 0. The summed E-state index contributed by atoms with van der Waals surface area (Å²) in [5.41, 5.74) is 18.7. The van der Waals surface area contributed by atoms with E-state index in [0.29, 0.717) is 6.54 Å². The third-order valence-corrected chi connectivity index (χ3v) is 3.67. The Balaban J connectivity index is 0.00000242. The number of rotatable bonds is 6. The maximum absolute atomic E-state index is 10.9. The van der Waals surface area contributed by atoms with E-state index in [1.54, 1.807) is 0 Å². The molecule has 1 aromatic heterocycles. The SMILES string of the molecule is Cl.NC(=O)Cc1nc(-c2ccc(CCN=C(N)N)cc2)cs1. The van der Waals surface area contributed by atoms with Gasteiger partial charge in [-0.1, -0.05) is 24.3 Å². The second-order valence-electron chi connectivity index (χ2n) is 4.52. The highest BCUT2D eigenvalue weighted by molar-refractivity contribution is 7.10. The van der Waals surface area contributed by atoms with E-state index >= 15 is 0 Å². The van der Waals surface area contributed by atoms with Gasteiger partial charge in [0.25, 0.3) is 0 Å². The minimum absolute atomic E-state index is 0. The van der Waals surface area contributed by atoms with Gasteiger partial charge in [0.1, 0.15) is 5.01 Å². The maximum atomic E-state index is 10.9. The second-order valence-corrected chi connectivity index (χ2v) is 5.47. The van der Waals surface area contributed by atoms with E-state index in [9.17, 15) is 4.79 Å². The highest BCUT2D eigenvalue weighted by Gasteiger charge is 2.06. The molecule has 0 unspecified atom stereocenters. The number of benzene rings is 1. The predicted octanol–water partition coefficient (Wildman–Crippen LogP) is 1.08. The molecular formula is C14H18ClN5OS. The number of hydrogen-bond donors (Lipinski definition) is 3. The van der Waals surface area contributed by atoms with Gasteiger partial charge in [-0.25, -0.2) is 4.98 Å². The van der Waals surface area contributed by atoms with E-state index in [1.165, 1.54) is 11.3 Å². The standard InChI is InChI=1S/C14H17N5OS.ClH/c15-12(20)7-13-19-11(8-21-13)10-3-1-9(2-4-10)5-6-18-14(16)17;/h1-4,8H,5-7H2,(H2,15,20)(H4,16,17,18);1H. The lowest BCUT2D eigenvalue weighted by molar-refractivity contribution is -0.117. The van der Waals surface area contributed by atoms with Crippen molar-refractivity contribution in [1.29, 1.82) is 0 Å². The van der Waals surface area contributed by atoms with Crippen LogP contribution in [0.25, 0.3) is 11.3 Å². The summed E-state index contributed by atoms with van der Waals surface area (Å²) in [5, 5.41) is 2.65. The van der Waals surface area contributed by atoms with Crippen LogP contribution in [0.2, 0.25) is 0 Å². The highest BCUT2D eigenvalue weighted by Crippen LogP contribution is 2.22. The Bertz CT molecular complexity index is 650. The minimum atomic E-state index is -0.369. The first-order valence-electron chi connectivity index (χ1n) is 6.42. The summed E-state index contributed by atoms with van der Waals surface area (Å²) < 4.78 is 0. The average Bonchev–Trinajstić information content (AvgIpc) is 2.87. The number of thiazole rings is 1. The van der Waals surface area contributed by atoms with Crippen LogP contribution in [-0.4, -0.2) is 23.4 Å². The smallest absolute Gasteiger partial charge is 0.224 e. The lowest BCUT2D eigenvalue weighted by atomic mass is 10.1. The zero-order valence-electron chi connectivity index (χ0n) is 11.9. The number of hydrogen-bond acceptors (Lipinski definition) is 4. The zero-order chi connectivity index (χ0) is 15.2. The van der Waals surface area contributed by atoms with Gasteiger partial charge in [-0.2, -0.15) is 0 Å². The van der Waals surface area contributed by atoms with E-state index in [2.05, 4.69) is 9.98 Å². The average molecular weight is 340 g/mol. The Kier molecular flexibility index (Phi) is 6.81. The number of primary amides is 1. The van der Waals surface area contributed by atoms with Gasteiger partial charge >= 0.3 is 0 Å². The molecule has 0 aliphatic rings. The number of amides is 1. The van der Waals surface area contributed by atoms with Crippen molar-refractivity contribution in [3.05, 3.63) is 40.2 Å². The molecule has 0 aliphatic heterocycles. The van der Waals surface area contributed by atoms with E-state index in [4.69, 9.17) is 17.2 Å². The Labute approximate surface area is 138 Å². The normalized spacial score (nSPS) is 9.82. The van der Waals surface area contributed by atoms with Crippen LogP contribution in [0, 0.1) is 0 Å². The van der Waals surface area contributed by atoms with Crippen molar-refractivity contribution in [2.75, 3.05) is 6.54 Å². The summed E-state index contributed by atoms with van der Waals surface area (Å²) in [5.74, 6) is -0.262. The molecule has 0 bridgehead atoms. The fraction of sp³-hybridized carbons (Fsp3) is 0.214. The molecule has 0 radical (unpaired) electrons. The molecule has 0 spiro atoms. The quantitative estimate of drug-likeness (QED) is 0.538. The molecule has 1 heterocycles. The Morgan fingerprint density at radius 1 is 1.18 bits per heavy atom. The third kappa shape index (κ3) is 5.34. The van der Waals surface area contributed by atoms with Gasteiger partial charge in [-0.3, -0.25) is 9.79 Å². The molecule has 0 saturated carbocycles. The third-order valence-electron chi connectivity index (χ3n) is 2.82. The van der Waals surface area contributed by atoms with Crippen LogP contribution in [0.5, 0.6) is 0 Å². The Morgan fingerprint density at radius 3 is 2.45 bits per heavy atom. The molecule has 2 rings (SSSR count). The van der Waals surface area contributed by atoms with E-state index in [1.807, 2.05) is 29.6 Å². The van der Waals surface area contributed by atoms with Gasteiger partial charge in [-0.15, -0.1) is 23.7 Å². The zero-order valence-corrected chi connectivity index (χ0v) is 13.5. The molecule has 2 aromatic rings. The van der Waals surface area contributed by atoms with Gasteiger partial charge in [0.05, 0.1) is 12.1 Å². The first-order valence-corrected chi connectivity index (χ1v) is 7.30. The van der Waals surface area contributed by atoms with Crippen molar-refractivity contribution in [3.8, 4) is 11.3 Å². The number of aliphatic imine (C=N–C) groups is 1. The van der Waals surface area contributed by atoms with Crippen LogP contribution in [0.4, 0.5) is 0 Å². The van der Waals surface area contributed by atoms with Crippen molar-refractivity contribution in [2.45, 2.75) is 12.8 Å². The monoisotopic (exact) mass is 339 g/mol. The van der Waals surface area contributed by atoms with E-state index in [0.717, 1.165) is 28.2 Å². The van der Waals surface area contributed by atoms with Gasteiger partial charge < -0.3 is 17.2 Å². The maximum Gasteiger partial charge on any atom is 0.224 e. The van der Waals surface area contributed by atoms with Crippen molar-refractivity contribution in [1.82, 2.24) is 4.98 Å². The lowest BCUT2D eigenvalue weighted by Crippen LogP contribution is -2.23. The van der Waals surface area contributed by atoms with Gasteiger partial charge in [0.15, 0.2) is 5.96 Å². The topological polar surface area (TPSA) is 120 Å². The largest absolute Gasteiger partial charge is 0.370 e. The van der Waals surface area contributed by atoms with E-state index < -0.39 is 0 Å². The molecule has 118 valence electrons. The van der Waals surface area contributed by atoms with Gasteiger partial charge in [-0.05, 0) is 12.0 Å². The van der Waals surface area contributed by atoms with Crippen molar-refractivity contribution in [3.63, 3.8) is 0 Å². The van der Waals surface area contributed by atoms with E-state index in [-0.39, 0.29) is 30.7 Å². The summed E-state index contributed by atoms with van der Waals surface area (Å²) in [6.07, 6.45) is 0.962. The molecule has 0 atom stereocenters. The van der Waals surface area contributed by atoms with Crippen LogP contribution in [0.1, 0.15) is 10.6 Å². The molecule has 0 saturated heterocycles. The summed E-state index contributed by atoms with van der Waals surface area (Å²) in [4.78, 5) is 19.2. The lowest BCUT2D eigenvalue weighted by Gasteiger charge is -2.01. The molecular weight excluding hydrogens is 322 g/mol. The molecule has 1 aromatic carbocycles. The fourth-order valence-corrected chi connectivity index (χ4v) is 2.64. The van der Waals surface area contributed by atoms with Crippen LogP contribution in [0.3, 0.4) is 0 Å². The van der Waals surface area contributed by atoms with Crippen LogP contribution in [-0.2, 0) is 17.6 Å². The Morgan fingerprint density at radius 2 is 1.86 bits per heavy atom. The highest BCUT2D eigenvalue weighted by atomic mass is 35.5. The number of nitrogens with two attached hydrogens (primary N) is 3. The van der Waals surface area contributed by atoms with Gasteiger partial charge in [0.2, 0.25) is 5.91 Å².